The van der Waals surface area contributed by atoms with Gasteiger partial charge in [0.1, 0.15) is 0 Å². The van der Waals surface area contributed by atoms with Gasteiger partial charge in [0.05, 0.1) is 0 Å². The summed E-state index contributed by atoms with van der Waals surface area (Å²) in [5, 5.41) is 0. The number of halogens is 1. The lowest BCUT2D eigenvalue weighted by Gasteiger charge is -2.30. The van der Waals surface area contributed by atoms with Gasteiger partial charge >= 0.3 is 0 Å². The second-order valence-corrected chi connectivity index (χ2v) is 5.33. The monoisotopic (exact) mass is 263 g/mol. The van der Waals surface area contributed by atoms with Crippen LogP contribution in [0.1, 0.15) is 36.3 Å². The van der Waals surface area contributed by atoms with Crippen LogP contribution in [0.4, 0.5) is 0 Å². The summed E-state index contributed by atoms with van der Waals surface area (Å²) in [5.41, 5.74) is 4.51. The minimum Gasteiger partial charge on any atom is -0.293 e. The van der Waals surface area contributed by atoms with Crippen molar-refractivity contribution < 1.29 is 0 Å². The van der Waals surface area contributed by atoms with E-state index >= 15 is 0 Å². The van der Waals surface area contributed by atoms with Crippen LogP contribution in [0.25, 0.3) is 0 Å². The first-order valence-corrected chi connectivity index (χ1v) is 6.45. The highest BCUT2D eigenvalue weighted by Crippen LogP contribution is 2.36. The zero-order valence-electron chi connectivity index (χ0n) is 8.67. The van der Waals surface area contributed by atoms with E-state index in [1.165, 1.54) is 47.0 Å². The maximum atomic E-state index is 4.68. The third-order valence-electron chi connectivity index (χ3n) is 3.50. The van der Waals surface area contributed by atoms with E-state index in [1.807, 2.05) is 0 Å². The highest BCUT2D eigenvalue weighted by atomic mass is 79.9. The Labute approximate surface area is 98.7 Å². The molecule has 78 valence electrons. The average molecular weight is 264 g/mol. The van der Waals surface area contributed by atoms with Crippen LogP contribution in [0.2, 0.25) is 0 Å². The van der Waals surface area contributed by atoms with Crippen molar-refractivity contribution >= 4 is 21.6 Å². The van der Waals surface area contributed by atoms with Gasteiger partial charge in [-0.05, 0) is 48.9 Å². The van der Waals surface area contributed by atoms with Gasteiger partial charge in [0.2, 0.25) is 0 Å². The molecule has 1 nitrogen and oxygen atoms in total. The summed E-state index contributed by atoms with van der Waals surface area (Å²) in [7, 11) is 0. The number of hydrogen-bond donors (Lipinski definition) is 0. The van der Waals surface area contributed by atoms with Crippen LogP contribution in [0.15, 0.2) is 27.7 Å². The fourth-order valence-electron chi connectivity index (χ4n) is 2.78. The highest BCUT2D eigenvalue weighted by Gasteiger charge is 2.27. The standard InChI is InChI=1S/C13H14BrN/c14-10-4-5-11-9(8-10)3-6-13-12(11)2-1-7-15-13/h4-5,8,12H,1-3,6-7H2. The van der Waals surface area contributed by atoms with E-state index in [4.69, 9.17) is 0 Å². The minimum absolute atomic E-state index is 0.635. The number of benzene rings is 1. The lowest BCUT2D eigenvalue weighted by molar-refractivity contribution is 0.639. The largest absolute Gasteiger partial charge is 0.293 e. The quantitative estimate of drug-likeness (QED) is 0.677. The molecule has 0 bridgehead atoms. The second kappa shape index (κ2) is 3.75. The molecule has 2 aliphatic rings. The Balaban J connectivity index is 2.08. The molecule has 1 unspecified atom stereocenters. The van der Waals surface area contributed by atoms with E-state index in [0.717, 1.165) is 6.54 Å². The Morgan fingerprint density at radius 3 is 3.13 bits per heavy atom. The molecule has 1 aliphatic carbocycles. The SMILES string of the molecule is Brc1ccc2c(c1)CCC1=NCCCC12. The molecule has 2 heteroatoms. The Bertz CT molecular complexity index is 423. The Morgan fingerprint density at radius 2 is 2.20 bits per heavy atom. The third kappa shape index (κ3) is 1.65. The van der Waals surface area contributed by atoms with Crippen molar-refractivity contribution in [3.05, 3.63) is 33.8 Å². The summed E-state index contributed by atoms with van der Waals surface area (Å²) in [5.74, 6) is 0.635. The summed E-state index contributed by atoms with van der Waals surface area (Å²) in [6.07, 6.45) is 4.90. The summed E-state index contributed by atoms with van der Waals surface area (Å²) in [6, 6.07) is 6.72. The van der Waals surface area contributed by atoms with E-state index in [0.29, 0.717) is 5.92 Å². The van der Waals surface area contributed by atoms with Crippen LogP contribution < -0.4 is 0 Å². The lowest BCUT2D eigenvalue weighted by Crippen LogP contribution is -2.24. The van der Waals surface area contributed by atoms with Crippen molar-refractivity contribution in [3.8, 4) is 0 Å². The van der Waals surface area contributed by atoms with E-state index < -0.39 is 0 Å². The van der Waals surface area contributed by atoms with Crippen molar-refractivity contribution in [2.75, 3.05) is 6.54 Å². The minimum atomic E-state index is 0.635. The lowest BCUT2D eigenvalue weighted by atomic mass is 9.78. The van der Waals surface area contributed by atoms with Crippen molar-refractivity contribution in [1.82, 2.24) is 0 Å². The third-order valence-corrected chi connectivity index (χ3v) is 3.99. The van der Waals surface area contributed by atoms with Crippen LogP contribution in [-0.4, -0.2) is 12.3 Å². The van der Waals surface area contributed by atoms with Crippen LogP contribution >= 0.6 is 15.9 Å². The zero-order valence-corrected chi connectivity index (χ0v) is 10.3. The number of rotatable bonds is 0. The average Bonchev–Trinajstić information content (AvgIpc) is 2.28. The Hall–Kier alpha value is -0.630. The Morgan fingerprint density at radius 1 is 1.27 bits per heavy atom. The predicted octanol–water partition coefficient (Wildman–Crippen LogP) is 3.71. The van der Waals surface area contributed by atoms with Gasteiger partial charge in [0, 0.05) is 22.6 Å². The summed E-state index contributed by atoms with van der Waals surface area (Å²) in [6.45, 7) is 1.05. The molecule has 1 aromatic carbocycles. The molecule has 1 atom stereocenters. The number of fused-ring (bicyclic) bond motifs is 3. The summed E-state index contributed by atoms with van der Waals surface area (Å²) >= 11 is 3.55. The molecule has 0 N–H and O–H groups in total. The van der Waals surface area contributed by atoms with Gasteiger partial charge in [-0.25, -0.2) is 0 Å². The van der Waals surface area contributed by atoms with Crippen LogP contribution in [0.3, 0.4) is 0 Å². The molecule has 0 amide bonds. The highest BCUT2D eigenvalue weighted by molar-refractivity contribution is 9.10. The molecule has 0 aromatic heterocycles. The van der Waals surface area contributed by atoms with Gasteiger partial charge in [0.15, 0.2) is 0 Å². The molecule has 0 fully saturated rings. The first-order chi connectivity index (χ1) is 7.34. The van der Waals surface area contributed by atoms with Gasteiger partial charge in [0.25, 0.3) is 0 Å². The molecule has 1 heterocycles. The zero-order chi connectivity index (χ0) is 10.3. The van der Waals surface area contributed by atoms with E-state index in [9.17, 15) is 0 Å². The van der Waals surface area contributed by atoms with Crippen molar-refractivity contribution in [2.45, 2.75) is 31.6 Å². The second-order valence-electron chi connectivity index (χ2n) is 4.41. The van der Waals surface area contributed by atoms with Gasteiger partial charge < -0.3 is 0 Å². The van der Waals surface area contributed by atoms with E-state index in [2.05, 4.69) is 39.1 Å². The fraction of sp³-hybridized carbons (Fsp3) is 0.462. The van der Waals surface area contributed by atoms with Crippen LogP contribution in [0.5, 0.6) is 0 Å². The molecular formula is C13H14BrN. The smallest absolute Gasteiger partial charge is 0.0389 e. The fourth-order valence-corrected chi connectivity index (χ4v) is 3.19. The summed E-state index contributed by atoms with van der Waals surface area (Å²) < 4.78 is 1.21. The van der Waals surface area contributed by atoms with Gasteiger partial charge in [-0.1, -0.05) is 22.0 Å². The molecule has 0 saturated carbocycles. The molecule has 1 aliphatic heterocycles. The van der Waals surface area contributed by atoms with E-state index in [1.54, 1.807) is 0 Å². The van der Waals surface area contributed by atoms with Crippen molar-refractivity contribution in [2.24, 2.45) is 4.99 Å². The molecular weight excluding hydrogens is 250 g/mol. The molecule has 0 spiro atoms. The first-order valence-electron chi connectivity index (χ1n) is 5.66. The molecule has 15 heavy (non-hydrogen) atoms. The first kappa shape index (κ1) is 9.59. The maximum absolute atomic E-state index is 4.68. The van der Waals surface area contributed by atoms with E-state index in [-0.39, 0.29) is 0 Å². The Kier molecular flexibility index (Phi) is 2.39. The predicted molar refractivity (Wildman–Crippen MR) is 66.7 cm³/mol. The normalized spacial score (nSPS) is 24.1. The van der Waals surface area contributed by atoms with Gasteiger partial charge in [-0.2, -0.15) is 0 Å². The molecule has 0 radical (unpaired) electrons. The van der Waals surface area contributed by atoms with Crippen LogP contribution in [0, 0.1) is 0 Å². The molecule has 0 saturated heterocycles. The number of nitrogens with zero attached hydrogens (tertiary/aromatic N) is 1. The number of aryl methyl sites for hydroxylation is 1. The molecule has 3 rings (SSSR count). The van der Waals surface area contributed by atoms with Gasteiger partial charge in [-0.3, -0.25) is 4.99 Å². The topological polar surface area (TPSA) is 12.4 Å². The maximum Gasteiger partial charge on any atom is 0.0389 e. The number of aliphatic imine (C=N–C) groups is 1. The molecule has 1 aromatic rings. The summed E-state index contributed by atoms with van der Waals surface area (Å²) in [4.78, 5) is 4.68. The van der Waals surface area contributed by atoms with Crippen molar-refractivity contribution in [3.63, 3.8) is 0 Å². The van der Waals surface area contributed by atoms with Crippen LogP contribution in [-0.2, 0) is 6.42 Å². The van der Waals surface area contributed by atoms with Crippen molar-refractivity contribution in [1.29, 1.82) is 0 Å². The van der Waals surface area contributed by atoms with Gasteiger partial charge in [-0.15, -0.1) is 0 Å². The number of hydrogen-bond acceptors (Lipinski definition) is 1.